The number of rotatable bonds is 11. The number of nitrogens with one attached hydrogen (secondary N) is 2. The standard InChI is InChI=1S/C35H42Cl2N4O6/c36-25-20-24(21-26(37)22-25)32(45)39-27(33(46)40-18-15-35(16-19-40)13-3-4-14-35)9-11-30(42)38-28(10-12-31(43)44)34(47)41-17-5-7-23-6-1-2-8-29(23)41/h1-2,6,8,20-22,27-28H,3-5,7,9-19H2,(H,38,42)(H,39,45)(H,43,44)/t27-,28+/m1/s1. The number of fused-ring (bicyclic) bond motifs is 1. The van der Waals surface area contributed by atoms with Gasteiger partial charge in [-0.3, -0.25) is 24.0 Å². The van der Waals surface area contributed by atoms with Gasteiger partial charge in [0.25, 0.3) is 5.91 Å². The number of carboxylic acid groups (broad SMARTS) is 1. The second-order valence-corrected chi connectivity index (χ2v) is 13.9. The molecular formula is C35H42Cl2N4O6. The molecule has 1 saturated heterocycles. The van der Waals surface area contributed by atoms with E-state index in [4.69, 9.17) is 23.2 Å². The summed E-state index contributed by atoms with van der Waals surface area (Å²) in [7, 11) is 0. The molecule has 3 N–H and O–H groups in total. The van der Waals surface area contributed by atoms with Crippen LogP contribution in [0, 0.1) is 5.41 Å². The summed E-state index contributed by atoms with van der Waals surface area (Å²) in [6.45, 7) is 1.63. The Bertz CT molecular complexity index is 1480. The zero-order valence-electron chi connectivity index (χ0n) is 26.4. The number of carbonyl (C=O) groups is 5. The summed E-state index contributed by atoms with van der Waals surface area (Å²) in [4.78, 5) is 69.0. The van der Waals surface area contributed by atoms with Crippen LogP contribution in [0.3, 0.4) is 0 Å². The van der Waals surface area contributed by atoms with Gasteiger partial charge in [-0.15, -0.1) is 0 Å². The van der Waals surface area contributed by atoms with E-state index in [1.165, 1.54) is 43.9 Å². The van der Waals surface area contributed by atoms with Crippen molar-refractivity contribution in [2.24, 2.45) is 5.41 Å². The normalized spacial score (nSPS) is 18.3. The van der Waals surface area contributed by atoms with E-state index in [0.29, 0.717) is 25.0 Å². The Hall–Kier alpha value is -3.63. The van der Waals surface area contributed by atoms with E-state index in [9.17, 15) is 29.1 Å². The zero-order valence-corrected chi connectivity index (χ0v) is 28.0. The molecule has 0 unspecified atom stereocenters. The van der Waals surface area contributed by atoms with E-state index < -0.39 is 29.9 Å². The molecule has 2 aromatic rings. The Morgan fingerprint density at radius 3 is 2.11 bits per heavy atom. The Morgan fingerprint density at radius 2 is 1.43 bits per heavy atom. The number of amides is 4. The minimum absolute atomic E-state index is 0.0151. The lowest BCUT2D eigenvalue weighted by Gasteiger charge is -2.40. The summed E-state index contributed by atoms with van der Waals surface area (Å²) in [5, 5.41) is 15.4. The molecule has 10 nitrogen and oxygen atoms in total. The number of hydrogen-bond acceptors (Lipinski definition) is 5. The number of nitrogens with zero attached hydrogens (tertiary/aromatic N) is 2. The van der Waals surface area contributed by atoms with Crippen molar-refractivity contribution in [1.29, 1.82) is 0 Å². The molecule has 0 aromatic heterocycles. The van der Waals surface area contributed by atoms with Crippen molar-refractivity contribution < 1.29 is 29.1 Å². The number of carbonyl (C=O) groups excluding carboxylic acids is 4. The van der Waals surface area contributed by atoms with Gasteiger partial charge in [-0.1, -0.05) is 54.2 Å². The highest BCUT2D eigenvalue weighted by molar-refractivity contribution is 6.35. The van der Waals surface area contributed by atoms with Gasteiger partial charge < -0.3 is 25.5 Å². The van der Waals surface area contributed by atoms with Gasteiger partial charge in [0.15, 0.2) is 0 Å². The molecule has 3 aliphatic rings. The molecule has 252 valence electrons. The fourth-order valence-corrected chi connectivity index (χ4v) is 7.77. The number of aryl methyl sites for hydroxylation is 1. The smallest absolute Gasteiger partial charge is 0.303 e. The number of benzene rings is 2. The van der Waals surface area contributed by atoms with Crippen molar-refractivity contribution in [3.8, 4) is 0 Å². The molecule has 0 radical (unpaired) electrons. The SMILES string of the molecule is O=C(O)CC[C@H](NC(=O)CC[C@@H](NC(=O)c1cc(Cl)cc(Cl)c1)C(=O)N1CCC2(CCCC2)CC1)C(=O)N1CCCc2ccccc21. The van der Waals surface area contributed by atoms with Gasteiger partial charge >= 0.3 is 5.97 Å². The number of piperidine rings is 1. The minimum atomic E-state index is -1.08. The molecule has 2 aromatic carbocycles. The van der Waals surface area contributed by atoms with Gasteiger partial charge in [0.2, 0.25) is 17.7 Å². The highest BCUT2D eigenvalue weighted by Crippen LogP contribution is 2.46. The van der Waals surface area contributed by atoms with Crippen molar-refractivity contribution in [3.05, 3.63) is 63.6 Å². The molecule has 4 amide bonds. The molecule has 5 rings (SSSR count). The topological polar surface area (TPSA) is 136 Å². The number of aliphatic carboxylic acids is 1. The second-order valence-electron chi connectivity index (χ2n) is 13.0. The number of para-hydroxylation sites is 1. The van der Waals surface area contributed by atoms with Crippen LogP contribution in [0.25, 0.3) is 0 Å². The highest BCUT2D eigenvalue weighted by atomic mass is 35.5. The fraction of sp³-hybridized carbons (Fsp3) is 0.514. The van der Waals surface area contributed by atoms with Crippen LogP contribution in [0.15, 0.2) is 42.5 Å². The van der Waals surface area contributed by atoms with Crippen LogP contribution in [-0.4, -0.2) is 71.3 Å². The Morgan fingerprint density at radius 1 is 0.787 bits per heavy atom. The van der Waals surface area contributed by atoms with E-state index in [2.05, 4.69) is 10.6 Å². The van der Waals surface area contributed by atoms with Crippen molar-refractivity contribution in [2.45, 2.75) is 89.1 Å². The van der Waals surface area contributed by atoms with E-state index in [-0.39, 0.29) is 53.1 Å². The third kappa shape index (κ3) is 8.84. The monoisotopic (exact) mass is 684 g/mol. The molecule has 12 heteroatoms. The molecule has 1 saturated carbocycles. The van der Waals surface area contributed by atoms with E-state index in [1.807, 2.05) is 24.3 Å². The molecular weight excluding hydrogens is 643 g/mol. The molecule has 2 aliphatic heterocycles. The van der Waals surface area contributed by atoms with Crippen molar-refractivity contribution >= 4 is 58.5 Å². The average molecular weight is 686 g/mol. The van der Waals surface area contributed by atoms with Gasteiger partial charge in [-0.25, -0.2) is 0 Å². The molecule has 47 heavy (non-hydrogen) atoms. The molecule has 0 bridgehead atoms. The summed E-state index contributed by atoms with van der Waals surface area (Å²) < 4.78 is 0. The first kappa shape index (κ1) is 34.7. The number of hydrogen-bond donors (Lipinski definition) is 3. The first-order valence-corrected chi connectivity index (χ1v) is 17.3. The highest BCUT2D eigenvalue weighted by Gasteiger charge is 2.39. The molecule has 1 aliphatic carbocycles. The molecule has 2 heterocycles. The van der Waals surface area contributed by atoms with Crippen LogP contribution in [-0.2, 0) is 25.6 Å². The summed E-state index contributed by atoms with van der Waals surface area (Å²) >= 11 is 12.2. The van der Waals surface area contributed by atoms with Gasteiger partial charge in [0.1, 0.15) is 12.1 Å². The van der Waals surface area contributed by atoms with E-state index >= 15 is 0 Å². The maximum Gasteiger partial charge on any atom is 0.303 e. The van der Waals surface area contributed by atoms with Gasteiger partial charge in [0.05, 0.1) is 0 Å². The van der Waals surface area contributed by atoms with Crippen LogP contribution >= 0.6 is 23.2 Å². The quantitative estimate of drug-likeness (QED) is 0.291. The largest absolute Gasteiger partial charge is 0.481 e. The second kappa shape index (κ2) is 15.5. The van der Waals surface area contributed by atoms with E-state index in [0.717, 1.165) is 36.9 Å². The average Bonchev–Trinajstić information content (AvgIpc) is 3.51. The van der Waals surface area contributed by atoms with Crippen molar-refractivity contribution in [2.75, 3.05) is 24.5 Å². The predicted molar refractivity (Wildman–Crippen MR) is 180 cm³/mol. The predicted octanol–water partition coefficient (Wildman–Crippen LogP) is 5.38. The van der Waals surface area contributed by atoms with Gasteiger partial charge in [-0.2, -0.15) is 0 Å². The summed E-state index contributed by atoms with van der Waals surface area (Å²) in [5.74, 6) is -2.78. The summed E-state index contributed by atoms with van der Waals surface area (Å²) in [6, 6.07) is 9.90. The summed E-state index contributed by atoms with van der Waals surface area (Å²) in [6.07, 6.45) is 7.61. The Labute approximate surface area is 285 Å². The van der Waals surface area contributed by atoms with Crippen LogP contribution in [0.2, 0.25) is 10.0 Å². The van der Waals surface area contributed by atoms with Gasteiger partial charge in [0, 0.05) is 53.8 Å². The maximum absolute atomic E-state index is 13.8. The Kier molecular flexibility index (Phi) is 11.5. The Balaban J connectivity index is 1.28. The lowest BCUT2D eigenvalue weighted by molar-refractivity contribution is -0.138. The van der Waals surface area contributed by atoms with Crippen molar-refractivity contribution in [1.82, 2.24) is 15.5 Å². The van der Waals surface area contributed by atoms with Crippen LogP contribution in [0.1, 0.15) is 86.6 Å². The number of anilines is 1. The third-order valence-electron chi connectivity index (χ3n) is 9.84. The molecule has 1 spiro atoms. The molecule has 2 atom stereocenters. The first-order chi connectivity index (χ1) is 22.5. The van der Waals surface area contributed by atoms with Crippen molar-refractivity contribution in [3.63, 3.8) is 0 Å². The molecule has 2 fully saturated rings. The number of likely N-dealkylation sites (tertiary alicyclic amines) is 1. The number of halogens is 2. The van der Waals surface area contributed by atoms with Crippen LogP contribution in [0.4, 0.5) is 5.69 Å². The third-order valence-corrected chi connectivity index (χ3v) is 10.3. The van der Waals surface area contributed by atoms with Gasteiger partial charge in [-0.05, 0) is 86.6 Å². The maximum atomic E-state index is 13.8. The fourth-order valence-electron chi connectivity index (χ4n) is 7.25. The lowest BCUT2D eigenvalue weighted by Crippen LogP contribution is -2.53. The number of carboxylic acids is 1. The lowest BCUT2D eigenvalue weighted by atomic mass is 9.77. The van der Waals surface area contributed by atoms with Crippen LogP contribution < -0.4 is 15.5 Å². The zero-order chi connectivity index (χ0) is 33.6. The van der Waals surface area contributed by atoms with Crippen LogP contribution in [0.5, 0.6) is 0 Å². The minimum Gasteiger partial charge on any atom is -0.481 e. The summed E-state index contributed by atoms with van der Waals surface area (Å²) in [5.41, 5.74) is 2.26. The van der Waals surface area contributed by atoms with E-state index in [1.54, 1.807) is 9.80 Å². The first-order valence-electron chi connectivity index (χ1n) is 16.5.